The van der Waals surface area contributed by atoms with Crippen molar-refractivity contribution < 1.29 is 19.0 Å². The molecule has 134 valence electrons. The Hall–Kier alpha value is -2.69. The van der Waals surface area contributed by atoms with Gasteiger partial charge in [0.1, 0.15) is 17.2 Å². The van der Waals surface area contributed by atoms with Crippen molar-refractivity contribution >= 4 is 11.6 Å². The number of carbonyl (C=O) groups is 1. The van der Waals surface area contributed by atoms with Crippen molar-refractivity contribution in [3.05, 3.63) is 48.5 Å². The molecular formula is C20H25NO4. The van der Waals surface area contributed by atoms with Crippen molar-refractivity contribution in [1.29, 1.82) is 0 Å². The zero-order valence-electron chi connectivity index (χ0n) is 15.0. The van der Waals surface area contributed by atoms with Gasteiger partial charge in [0.05, 0.1) is 25.5 Å². The van der Waals surface area contributed by atoms with Crippen molar-refractivity contribution in [2.24, 2.45) is 0 Å². The number of para-hydroxylation sites is 2. The highest BCUT2D eigenvalue weighted by molar-refractivity contribution is 5.92. The molecule has 0 saturated carbocycles. The van der Waals surface area contributed by atoms with Gasteiger partial charge in [0, 0.05) is 6.42 Å². The van der Waals surface area contributed by atoms with Crippen molar-refractivity contribution in [3.63, 3.8) is 0 Å². The molecule has 1 amide bonds. The van der Waals surface area contributed by atoms with Crippen LogP contribution in [-0.4, -0.2) is 25.7 Å². The van der Waals surface area contributed by atoms with E-state index in [0.29, 0.717) is 30.9 Å². The first-order valence-corrected chi connectivity index (χ1v) is 8.41. The number of methoxy groups -OCH3 is 1. The number of hydrogen-bond donors (Lipinski definition) is 1. The van der Waals surface area contributed by atoms with Crippen LogP contribution in [0.15, 0.2) is 48.5 Å². The first kappa shape index (κ1) is 18.6. The number of rotatable bonds is 9. The normalized spacial score (nSPS) is 10.4. The topological polar surface area (TPSA) is 56.8 Å². The highest BCUT2D eigenvalue weighted by Crippen LogP contribution is 2.25. The van der Waals surface area contributed by atoms with Crippen LogP contribution in [0.2, 0.25) is 0 Å². The molecule has 2 rings (SSSR count). The zero-order chi connectivity index (χ0) is 18.1. The van der Waals surface area contributed by atoms with Crippen LogP contribution in [-0.2, 0) is 4.79 Å². The molecule has 2 aromatic rings. The fraction of sp³-hybridized carbons (Fsp3) is 0.350. The summed E-state index contributed by atoms with van der Waals surface area (Å²) >= 11 is 0. The first-order valence-electron chi connectivity index (χ1n) is 8.41. The summed E-state index contributed by atoms with van der Waals surface area (Å²) in [7, 11) is 1.62. The lowest BCUT2D eigenvalue weighted by Crippen LogP contribution is -2.15. The van der Waals surface area contributed by atoms with Gasteiger partial charge >= 0.3 is 0 Å². The highest BCUT2D eigenvalue weighted by Gasteiger charge is 2.08. The van der Waals surface area contributed by atoms with E-state index >= 15 is 0 Å². The van der Waals surface area contributed by atoms with Gasteiger partial charge in [-0.05, 0) is 56.7 Å². The summed E-state index contributed by atoms with van der Waals surface area (Å²) in [4.78, 5) is 12.1. The Labute approximate surface area is 148 Å². The number of benzene rings is 2. The minimum Gasteiger partial charge on any atom is -0.497 e. The SMILES string of the molecule is COc1ccc(OCCCC(=O)Nc2ccccc2OC(C)C)cc1. The molecule has 2 aromatic carbocycles. The van der Waals surface area contributed by atoms with Crippen molar-refractivity contribution in [2.45, 2.75) is 32.8 Å². The van der Waals surface area contributed by atoms with Gasteiger partial charge < -0.3 is 19.5 Å². The minimum absolute atomic E-state index is 0.0518. The van der Waals surface area contributed by atoms with Gasteiger partial charge in [0.25, 0.3) is 0 Å². The Balaban J connectivity index is 1.75. The molecule has 0 saturated heterocycles. The van der Waals surface area contributed by atoms with E-state index in [4.69, 9.17) is 14.2 Å². The number of ether oxygens (including phenoxy) is 3. The molecule has 1 N–H and O–H groups in total. The Morgan fingerprint density at radius 1 is 1.04 bits per heavy atom. The lowest BCUT2D eigenvalue weighted by Gasteiger charge is -2.14. The van der Waals surface area contributed by atoms with E-state index in [1.807, 2.05) is 62.4 Å². The fourth-order valence-corrected chi connectivity index (χ4v) is 2.23. The van der Waals surface area contributed by atoms with Gasteiger partial charge in [-0.1, -0.05) is 12.1 Å². The van der Waals surface area contributed by atoms with Gasteiger partial charge in [-0.3, -0.25) is 4.79 Å². The summed E-state index contributed by atoms with van der Waals surface area (Å²) in [5.74, 6) is 2.17. The van der Waals surface area contributed by atoms with E-state index in [1.165, 1.54) is 0 Å². The predicted octanol–water partition coefficient (Wildman–Crippen LogP) is 4.28. The summed E-state index contributed by atoms with van der Waals surface area (Å²) in [6.45, 7) is 4.38. The largest absolute Gasteiger partial charge is 0.497 e. The Bertz CT molecular complexity index is 668. The average molecular weight is 343 g/mol. The molecule has 0 radical (unpaired) electrons. The number of carbonyl (C=O) groups excluding carboxylic acids is 1. The maximum Gasteiger partial charge on any atom is 0.224 e. The van der Waals surface area contributed by atoms with Crippen molar-refractivity contribution in [3.8, 4) is 17.2 Å². The molecule has 0 heterocycles. The summed E-state index contributed by atoms with van der Waals surface area (Å²) in [6, 6.07) is 14.8. The quantitative estimate of drug-likeness (QED) is 0.691. The summed E-state index contributed by atoms with van der Waals surface area (Å²) < 4.78 is 16.4. The Morgan fingerprint density at radius 3 is 2.40 bits per heavy atom. The summed E-state index contributed by atoms with van der Waals surface area (Å²) in [5, 5.41) is 2.89. The zero-order valence-corrected chi connectivity index (χ0v) is 15.0. The standard InChI is InChI=1S/C20H25NO4/c1-15(2)25-19-8-5-4-7-18(19)21-20(22)9-6-14-24-17-12-10-16(23-3)11-13-17/h4-5,7-8,10-13,15H,6,9,14H2,1-3H3,(H,21,22). The third-order valence-electron chi connectivity index (χ3n) is 3.40. The second kappa shape index (κ2) is 9.57. The monoisotopic (exact) mass is 343 g/mol. The molecule has 0 spiro atoms. The molecule has 0 aliphatic rings. The van der Waals surface area contributed by atoms with Gasteiger partial charge in [0.15, 0.2) is 0 Å². The molecule has 0 atom stereocenters. The van der Waals surface area contributed by atoms with Gasteiger partial charge in [-0.2, -0.15) is 0 Å². The average Bonchev–Trinajstić information content (AvgIpc) is 2.60. The highest BCUT2D eigenvalue weighted by atomic mass is 16.5. The number of nitrogens with one attached hydrogen (secondary N) is 1. The van der Waals surface area contributed by atoms with Crippen LogP contribution in [0.25, 0.3) is 0 Å². The molecule has 0 aromatic heterocycles. The second-order valence-electron chi connectivity index (χ2n) is 5.84. The number of amides is 1. The maximum absolute atomic E-state index is 12.1. The lowest BCUT2D eigenvalue weighted by atomic mass is 10.2. The number of hydrogen-bond acceptors (Lipinski definition) is 4. The third-order valence-corrected chi connectivity index (χ3v) is 3.40. The van der Waals surface area contributed by atoms with Crippen LogP contribution in [0.3, 0.4) is 0 Å². The second-order valence-corrected chi connectivity index (χ2v) is 5.84. The van der Waals surface area contributed by atoms with Gasteiger partial charge in [0.2, 0.25) is 5.91 Å². The summed E-state index contributed by atoms with van der Waals surface area (Å²) in [6.07, 6.45) is 1.06. The van der Waals surface area contributed by atoms with E-state index in [9.17, 15) is 4.79 Å². The molecule has 5 heteroatoms. The third kappa shape index (κ3) is 6.37. The first-order chi connectivity index (χ1) is 12.1. The van der Waals surface area contributed by atoms with Crippen LogP contribution in [0.4, 0.5) is 5.69 Å². The van der Waals surface area contributed by atoms with E-state index < -0.39 is 0 Å². The van der Waals surface area contributed by atoms with Crippen LogP contribution in [0.5, 0.6) is 17.2 Å². The van der Waals surface area contributed by atoms with Crippen molar-refractivity contribution in [1.82, 2.24) is 0 Å². The fourth-order valence-electron chi connectivity index (χ4n) is 2.23. The molecule has 25 heavy (non-hydrogen) atoms. The van der Waals surface area contributed by atoms with Gasteiger partial charge in [-0.25, -0.2) is 0 Å². The van der Waals surface area contributed by atoms with E-state index in [1.54, 1.807) is 7.11 Å². The van der Waals surface area contributed by atoms with E-state index in [0.717, 1.165) is 11.5 Å². The van der Waals surface area contributed by atoms with Crippen LogP contribution in [0, 0.1) is 0 Å². The molecule has 0 bridgehead atoms. The Morgan fingerprint density at radius 2 is 1.72 bits per heavy atom. The molecule has 0 fully saturated rings. The molecule has 5 nitrogen and oxygen atoms in total. The Kier molecular flexibility index (Phi) is 7.14. The maximum atomic E-state index is 12.1. The van der Waals surface area contributed by atoms with E-state index in [-0.39, 0.29) is 12.0 Å². The minimum atomic E-state index is -0.0573. The van der Waals surface area contributed by atoms with Gasteiger partial charge in [-0.15, -0.1) is 0 Å². The van der Waals surface area contributed by atoms with Crippen molar-refractivity contribution in [2.75, 3.05) is 19.0 Å². The molecule has 0 unspecified atom stereocenters. The number of anilines is 1. The van der Waals surface area contributed by atoms with Crippen LogP contribution >= 0.6 is 0 Å². The molecular weight excluding hydrogens is 318 g/mol. The molecule has 0 aliphatic carbocycles. The molecule has 0 aliphatic heterocycles. The van der Waals surface area contributed by atoms with E-state index in [2.05, 4.69) is 5.32 Å². The van der Waals surface area contributed by atoms with Crippen LogP contribution in [0.1, 0.15) is 26.7 Å². The lowest BCUT2D eigenvalue weighted by molar-refractivity contribution is -0.116. The predicted molar refractivity (Wildman–Crippen MR) is 98.6 cm³/mol. The smallest absolute Gasteiger partial charge is 0.224 e. The van der Waals surface area contributed by atoms with Crippen LogP contribution < -0.4 is 19.5 Å². The summed E-state index contributed by atoms with van der Waals surface area (Å²) in [5.41, 5.74) is 0.692.